The number of carbonyl (C=O) groups is 1. The van der Waals surface area contributed by atoms with Crippen LogP contribution >= 0.6 is 11.6 Å². The van der Waals surface area contributed by atoms with Crippen molar-refractivity contribution < 1.29 is 31.5 Å². The topological polar surface area (TPSA) is 34.5 Å². The predicted octanol–water partition coefficient (Wildman–Crippen LogP) is 8.15. The molecule has 0 aliphatic rings. The zero-order valence-electron chi connectivity index (χ0n) is 19.9. The van der Waals surface area contributed by atoms with E-state index in [0.29, 0.717) is 41.2 Å². The van der Waals surface area contributed by atoms with Crippen LogP contribution < -0.4 is 4.74 Å². The van der Waals surface area contributed by atoms with Crippen LogP contribution in [0.1, 0.15) is 25.0 Å². The van der Waals surface area contributed by atoms with Crippen LogP contribution in [0.2, 0.25) is 5.02 Å². The van der Waals surface area contributed by atoms with Gasteiger partial charge >= 0.3 is 12.3 Å². The quantitative estimate of drug-likeness (QED) is 0.233. The third-order valence-corrected chi connectivity index (χ3v) is 6.35. The summed E-state index contributed by atoms with van der Waals surface area (Å²) in [6.45, 7) is 4.26. The van der Waals surface area contributed by atoms with E-state index in [4.69, 9.17) is 16.3 Å². The van der Waals surface area contributed by atoms with Crippen LogP contribution in [-0.4, -0.2) is 28.6 Å². The van der Waals surface area contributed by atoms with Crippen molar-refractivity contribution in [3.63, 3.8) is 0 Å². The van der Waals surface area contributed by atoms with E-state index in [0.717, 1.165) is 12.1 Å². The lowest BCUT2D eigenvalue weighted by molar-refractivity contribution is -0.138. The number of benzene rings is 3. The van der Waals surface area contributed by atoms with Crippen LogP contribution in [0.3, 0.4) is 0 Å². The first-order valence-electron chi connectivity index (χ1n) is 11.4. The molecule has 0 fully saturated rings. The summed E-state index contributed by atoms with van der Waals surface area (Å²) in [6.07, 6.45) is -3.74. The summed E-state index contributed by atoms with van der Waals surface area (Å²) in [5.41, 5.74) is 0.221. The Morgan fingerprint density at radius 2 is 1.73 bits per heavy atom. The van der Waals surface area contributed by atoms with Gasteiger partial charge in [0.1, 0.15) is 17.4 Å². The van der Waals surface area contributed by atoms with Gasteiger partial charge in [0.25, 0.3) is 0 Å². The number of hydrogen-bond acceptors (Lipinski definition) is 2. The minimum Gasteiger partial charge on any atom is -0.410 e. The molecule has 4 aromatic rings. The highest BCUT2D eigenvalue weighted by molar-refractivity contribution is 6.31. The summed E-state index contributed by atoms with van der Waals surface area (Å²) in [4.78, 5) is 14.2. The lowest BCUT2D eigenvalue weighted by atomic mass is 10.00. The molecule has 0 spiro atoms. The Labute approximate surface area is 214 Å². The van der Waals surface area contributed by atoms with E-state index in [1.807, 2.05) is 0 Å². The molecule has 0 bridgehead atoms. The summed E-state index contributed by atoms with van der Waals surface area (Å²) >= 11 is 6.02. The van der Waals surface area contributed by atoms with E-state index in [9.17, 15) is 26.7 Å². The van der Waals surface area contributed by atoms with E-state index in [-0.39, 0.29) is 22.9 Å². The first kappa shape index (κ1) is 26.5. The third kappa shape index (κ3) is 5.41. The van der Waals surface area contributed by atoms with Gasteiger partial charge in [0.05, 0.1) is 10.6 Å². The van der Waals surface area contributed by atoms with Crippen LogP contribution in [0.25, 0.3) is 22.0 Å². The van der Waals surface area contributed by atoms with E-state index in [1.165, 1.54) is 29.2 Å². The third-order valence-electron chi connectivity index (χ3n) is 6.06. The van der Waals surface area contributed by atoms with Gasteiger partial charge in [-0.05, 0) is 67.4 Å². The smallest absolute Gasteiger partial charge is 0.410 e. The van der Waals surface area contributed by atoms with Crippen molar-refractivity contribution in [1.29, 1.82) is 0 Å². The van der Waals surface area contributed by atoms with Gasteiger partial charge in [-0.1, -0.05) is 23.7 Å². The summed E-state index contributed by atoms with van der Waals surface area (Å²) in [6, 6.07) is 11.4. The molecule has 10 heteroatoms. The Kier molecular flexibility index (Phi) is 7.45. The minimum atomic E-state index is -4.73. The maximum absolute atomic E-state index is 13.9. The fourth-order valence-electron chi connectivity index (χ4n) is 4.20. The first-order valence-corrected chi connectivity index (χ1v) is 11.8. The standard InChI is InChI=1S/C27H22ClF5N2O2/c1-3-34(4-2)26(36)37-24-10-9-23-19(25(24)16-6-8-22(30)21(28)13-16)11-12-35(23)15-17-5-7-18(29)14-20(17)27(31,32)33/h5-14H,3-4,15H2,1-2H3. The molecule has 194 valence electrons. The molecule has 0 atom stereocenters. The SMILES string of the molecule is CCN(CC)C(=O)Oc1ccc2c(ccn2Cc2ccc(F)cc2C(F)(F)F)c1-c1ccc(F)c(Cl)c1. The van der Waals surface area contributed by atoms with Gasteiger partial charge in [0.2, 0.25) is 0 Å². The molecule has 0 saturated carbocycles. The second-order valence-corrected chi connectivity index (χ2v) is 8.69. The van der Waals surface area contributed by atoms with Crippen molar-refractivity contribution in [2.24, 2.45) is 0 Å². The predicted molar refractivity (Wildman–Crippen MR) is 132 cm³/mol. The van der Waals surface area contributed by atoms with Crippen molar-refractivity contribution in [2.45, 2.75) is 26.6 Å². The molecular weight excluding hydrogens is 515 g/mol. The van der Waals surface area contributed by atoms with Crippen molar-refractivity contribution in [3.05, 3.63) is 88.6 Å². The number of nitrogens with zero attached hydrogens (tertiary/aromatic N) is 2. The van der Waals surface area contributed by atoms with Gasteiger partial charge in [-0.2, -0.15) is 13.2 Å². The molecule has 0 aliphatic heterocycles. The highest BCUT2D eigenvalue weighted by atomic mass is 35.5. The first-order chi connectivity index (χ1) is 17.5. The molecule has 0 radical (unpaired) electrons. The molecule has 1 heterocycles. The maximum atomic E-state index is 13.9. The van der Waals surface area contributed by atoms with Crippen molar-refractivity contribution in [1.82, 2.24) is 9.47 Å². The van der Waals surface area contributed by atoms with Gasteiger partial charge in [0, 0.05) is 42.3 Å². The number of halogens is 6. The Bertz CT molecular complexity index is 1460. The highest BCUT2D eigenvalue weighted by Gasteiger charge is 2.34. The van der Waals surface area contributed by atoms with Crippen LogP contribution in [0, 0.1) is 11.6 Å². The lowest BCUT2D eigenvalue weighted by Crippen LogP contribution is -2.33. The molecule has 3 aromatic carbocycles. The number of alkyl halides is 3. The molecule has 0 aliphatic carbocycles. The number of amides is 1. The van der Waals surface area contributed by atoms with Gasteiger partial charge in [0.15, 0.2) is 0 Å². The minimum absolute atomic E-state index is 0.116. The Morgan fingerprint density at radius 3 is 2.38 bits per heavy atom. The zero-order chi connectivity index (χ0) is 26.9. The zero-order valence-corrected chi connectivity index (χ0v) is 20.6. The van der Waals surface area contributed by atoms with Crippen molar-refractivity contribution in [2.75, 3.05) is 13.1 Å². The molecule has 4 rings (SSSR count). The Hall–Kier alpha value is -3.59. The number of aromatic nitrogens is 1. The summed E-state index contributed by atoms with van der Waals surface area (Å²) in [7, 11) is 0. The Morgan fingerprint density at radius 1 is 1.00 bits per heavy atom. The van der Waals surface area contributed by atoms with Gasteiger partial charge in [-0.3, -0.25) is 0 Å². The molecule has 0 saturated heterocycles. The molecule has 1 amide bonds. The molecule has 0 N–H and O–H groups in total. The lowest BCUT2D eigenvalue weighted by Gasteiger charge is -2.20. The molecule has 4 nitrogen and oxygen atoms in total. The molecule has 37 heavy (non-hydrogen) atoms. The number of fused-ring (bicyclic) bond motifs is 1. The largest absolute Gasteiger partial charge is 0.416 e. The van der Waals surface area contributed by atoms with E-state index < -0.39 is 29.5 Å². The summed E-state index contributed by atoms with van der Waals surface area (Å²) in [5.74, 6) is -1.43. The van der Waals surface area contributed by atoms with E-state index in [2.05, 4.69) is 0 Å². The summed E-state index contributed by atoms with van der Waals surface area (Å²) < 4.78 is 75.4. The number of carbonyl (C=O) groups excluding carboxylic acids is 1. The number of rotatable bonds is 6. The normalized spacial score (nSPS) is 11.7. The van der Waals surface area contributed by atoms with Gasteiger partial charge in [-0.25, -0.2) is 13.6 Å². The Balaban J connectivity index is 1.85. The van der Waals surface area contributed by atoms with Gasteiger partial charge in [-0.15, -0.1) is 0 Å². The maximum Gasteiger partial charge on any atom is 0.416 e. The van der Waals surface area contributed by atoms with Crippen LogP contribution in [0.15, 0.2) is 60.8 Å². The van der Waals surface area contributed by atoms with E-state index >= 15 is 0 Å². The van der Waals surface area contributed by atoms with Crippen LogP contribution in [0.5, 0.6) is 5.75 Å². The summed E-state index contributed by atoms with van der Waals surface area (Å²) in [5, 5.41) is 0.402. The number of hydrogen-bond donors (Lipinski definition) is 0. The molecule has 0 unspecified atom stereocenters. The second-order valence-electron chi connectivity index (χ2n) is 8.28. The fraction of sp³-hybridized carbons (Fsp3) is 0.222. The molecule has 1 aromatic heterocycles. The van der Waals surface area contributed by atoms with Crippen molar-refractivity contribution >= 4 is 28.6 Å². The average molecular weight is 537 g/mol. The van der Waals surface area contributed by atoms with Gasteiger partial charge < -0.3 is 14.2 Å². The fourth-order valence-corrected chi connectivity index (χ4v) is 4.38. The van der Waals surface area contributed by atoms with Crippen molar-refractivity contribution in [3.8, 4) is 16.9 Å². The van der Waals surface area contributed by atoms with Crippen LogP contribution in [0.4, 0.5) is 26.7 Å². The monoisotopic (exact) mass is 536 g/mol. The highest BCUT2D eigenvalue weighted by Crippen LogP contribution is 2.40. The van der Waals surface area contributed by atoms with E-state index in [1.54, 1.807) is 36.7 Å². The second kappa shape index (κ2) is 10.4. The molecular formula is C27H22ClF5N2O2. The van der Waals surface area contributed by atoms with Crippen LogP contribution in [-0.2, 0) is 12.7 Å². The number of ether oxygens (including phenoxy) is 1. The average Bonchev–Trinajstić information content (AvgIpc) is 3.24.